The second kappa shape index (κ2) is 7.41. The van der Waals surface area contributed by atoms with E-state index in [1.165, 1.54) is 12.8 Å². The Balaban J connectivity index is 1.89. The summed E-state index contributed by atoms with van der Waals surface area (Å²) in [4.78, 5) is 16.3. The average Bonchev–Trinajstić information content (AvgIpc) is 2.76. The van der Waals surface area contributed by atoms with Crippen LogP contribution in [0.25, 0.3) is 0 Å². The molecule has 0 aromatic heterocycles. The van der Waals surface area contributed by atoms with Crippen molar-refractivity contribution in [3.05, 3.63) is 30.3 Å². The van der Waals surface area contributed by atoms with Gasteiger partial charge in [0.2, 0.25) is 5.91 Å². The van der Waals surface area contributed by atoms with Crippen LogP contribution in [0.5, 0.6) is 0 Å². The fourth-order valence-electron chi connectivity index (χ4n) is 2.69. The summed E-state index contributed by atoms with van der Waals surface area (Å²) in [6.07, 6.45) is 3.49. The molecule has 0 saturated carbocycles. The maximum absolute atomic E-state index is 12.4. The standard InChI is InChI=1S/C16H25N3O/c1-18(14-9-6-11-17-12-10-14)13-16(20)19(2)15-7-4-3-5-8-15/h3-5,7-8,14,17H,6,9-13H2,1-2H3. The van der Waals surface area contributed by atoms with Crippen LogP contribution < -0.4 is 10.2 Å². The molecule has 4 nitrogen and oxygen atoms in total. The minimum Gasteiger partial charge on any atom is -0.317 e. The first-order chi connectivity index (χ1) is 9.68. The summed E-state index contributed by atoms with van der Waals surface area (Å²) < 4.78 is 0. The molecule has 1 aliphatic heterocycles. The van der Waals surface area contributed by atoms with Crippen molar-refractivity contribution in [2.45, 2.75) is 25.3 Å². The lowest BCUT2D eigenvalue weighted by Crippen LogP contribution is -2.41. The molecule has 1 aliphatic rings. The van der Waals surface area contributed by atoms with Crippen LogP contribution in [-0.2, 0) is 4.79 Å². The number of hydrogen-bond acceptors (Lipinski definition) is 3. The van der Waals surface area contributed by atoms with Gasteiger partial charge in [0.25, 0.3) is 0 Å². The zero-order valence-corrected chi connectivity index (χ0v) is 12.5. The van der Waals surface area contributed by atoms with Gasteiger partial charge in [0.05, 0.1) is 6.54 Å². The van der Waals surface area contributed by atoms with Crippen LogP contribution in [0.3, 0.4) is 0 Å². The van der Waals surface area contributed by atoms with E-state index in [4.69, 9.17) is 0 Å². The van der Waals surface area contributed by atoms with E-state index >= 15 is 0 Å². The third kappa shape index (κ3) is 4.05. The number of carbonyl (C=O) groups excluding carboxylic acids is 1. The Bertz CT molecular complexity index is 413. The molecule has 1 fully saturated rings. The summed E-state index contributed by atoms with van der Waals surface area (Å²) in [6.45, 7) is 2.63. The monoisotopic (exact) mass is 275 g/mol. The lowest BCUT2D eigenvalue weighted by Gasteiger charge is -2.28. The molecule has 1 heterocycles. The molecule has 1 atom stereocenters. The fraction of sp³-hybridized carbons (Fsp3) is 0.562. The number of amides is 1. The van der Waals surface area contributed by atoms with Gasteiger partial charge in [-0.3, -0.25) is 9.69 Å². The second-order valence-electron chi connectivity index (χ2n) is 5.54. The van der Waals surface area contributed by atoms with E-state index in [0.717, 1.165) is 25.2 Å². The number of nitrogens with zero attached hydrogens (tertiary/aromatic N) is 2. The first kappa shape index (κ1) is 15.0. The fourth-order valence-corrected chi connectivity index (χ4v) is 2.69. The molecular formula is C16H25N3O. The summed E-state index contributed by atoms with van der Waals surface area (Å²) in [5.41, 5.74) is 0.952. The van der Waals surface area contributed by atoms with Gasteiger partial charge in [0, 0.05) is 18.8 Å². The molecule has 0 spiro atoms. The maximum atomic E-state index is 12.4. The van der Waals surface area contributed by atoms with Crippen molar-refractivity contribution in [3.63, 3.8) is 0 Å². The van der Waals surface area contributed by atoms with Crippen molar-refractivity contribution in [1.82, 2.24) is 10.2 Å². The molecule has 1 unspecified atom stereocenters. The van der Waals surface area contributed by atoms with Crippen LogP contribution in [0, 0.1) is 0 Å². The molecule has 1 saturated heterocycles. The number of benzene rings is 1. The van der Waals surface area contributed by atoms with Crippen molar-refractivity contribution in [1.29, 1.82) is 0 Å². The van der Waals surface area contributed by atoms with Crippen LogP contribution >= 0.6 is 0 Å². The van der Waals surface area contributed by atoms with E-state index in [1.807, 2.05) is 37.4 Å². The largest absolute Gasteiger partial charge is 0.317 e. The topological polar surface area (TPSA) is 35.6 Å². The molecule has 0 aliphatic carbocycles. The third-order valence-corrected chi connectivity index (χ3v) is 4.07. The predicted molar refractivity (Wildman–Crippen MR) is 83.0 cm³/mol. The van der Waals surface area contributed by atoms with Gasteiger partial charge in [-0.1, -0.05) is 18.2 Å². The molecule has 4 heteroatoms. The van der Waals surface area contributed by atoms with Crippen molar-refractivity contribution in [2.24, 2.45) is 0 Å². The number of rotatable bonds is 4. The Morgan fingerprint density at radius 2 is 1.95 bits per heavy atom. The van der Waals surface area contributed by atoms with Crippen molar-refractivity contribution < 1.29 is 4.79 Å². The molecule has 0 radical (unpaired) electrons. The number of para-hydroxylation sites is 1. The van der Waals surface area contributed by atoms with E-state index in [2.05, 4.69) is 17.3 Å². The summed E-state index contributed by atoms with van der Waals surface area (Å²) in [7, 11) is 3.91. The van der Waals surface area contributed by atoms with Gasteiger partial charge in [-0.25, -0.2) is 0 Å². The highest BCUT2D eigenvalue weighted by atomic mass is 16.2. The van der Waals surface area contributed by atoms with Crippen molar-refractivity contribution in [3.8, 4) is 0 Å². The van der Waals surface area contributed by atoms with Gasteiger partial charge < -0.3 is 10.2 Å². The minimum atomic E-state index is 0.149. The average molecular weight is 275 g/mol. The first-order valence-corrected chi connectivity index (χ1v) is 7.41. The van der Waals surface area contributed by atoms with E-state index < -0.39 is 0 Å². The van der Waals surface area contributed by atoms with Gasteiger partial charge >= 0.3 is 0 Å². The summed E-state index contributed by atoms with van der Waals surface area (Å²) in [5, 5.41) is 3.41. The lowest BCUT2D eigenvalue weighted by atomic mass is 10.1. The van der Waals surface area contributed by atoms with Crippen LogP contribution in [-0.4, -0.2) is 50.6 Å². The molecule has 1 N–H and O–H groups in total. The number of carbonyl (C=O) groups is 1. The molecule has 0 bridgehead atoms. The van der Waals surface area contributed by atoms with Crippen LogP contribution in [0.1, 0.15) is 19.3 Å². The molecule has 20 heavy (non-hydrogen) atoms. The normalized spacial score (nSPS) is 19.6. The molecule has 2 rings (SSSR count). The zero-order chi connectivity index (χ0) is 14.4. The lowest BCUT2D eigenvalue weighted by molar-refractivity contribution is -0.119. The van der Waals surface area contributed by atoms with Gasteiger partial charge in [-0.05, 0) is 51.5 Å². The smallest absolute Gasteiger partial charge is 0.240 e. The number of nitrogens with one attached hydrogen (secondary N) is 1. The third-order valence-electron chi connectivity index (χ3n) is 4.07. The summed E-state index contributed by atoms with van der Waals surface area (Å²) in [6, 6.07) is 10.3. The first-order valence-electron chi connectivity index (χ1n) is 7.41. The predicted octanol–water partition coefficient (Wildman–Crippen LogP) is 1.72. The Kier molecular flexibility index (Phi) is 5.56. The molecule has 1 aromatic carbocycles. The van der Waals surface area contributed by atoms with Gasteiger partial charge in [-0.2, -0.15) is 0 Å². The highest BCUT2D eigenvalue weighted by molar-refractivity contribution is 5.94. The SMILES string of the molecule is CN(C(=O)CN(C)C1CCCNCC1)c1ccccc1. The Morgan fingerprint density at radius 1 is 1.20 bits per heavy atom. The minimum absolute atomic E-state index is 0.149. The molecule has 1 aromatic rings. The molecule has 1 amide bonds. The highest BCUT2D eigenvalue weighted by Gasteiger charge is 2.20. The highest BCUT2D eigenvalue weighted by Crippen LogP contribution is 2.14. The number of anilines is 1. The zero-order valence-electron chi connectivity index (χ0n) is 12.5. The van der Waals surface area contributed by atoms with Gasteiger partial charge in [-0.15, -0.1) is 0 Å². The van der Waals surface area contributed by atoms with Crippen LogP contribution in [0.2, 0.25) is 0 Å². The van der Waals surface area contributed by atoms with E-state index in [9.17, 15) is 4.79 Å². The Labute approximate surface area is 121 Å². The number of hydrogen-bond donors (Lipinski definition) is 1. The molecule has 110 valence electrons. The van der Waals surface area contributed by atoms with E-state index in [-0.39, 0.29) is 5.91 Å². The second-order valence-corrected chi connectivity index (χ2v) is 5.54. The van der Waals surface area contributed by atoms with Crippen molar-refractivity contribution in [2.75, 3.05) is 38.6 Å². The Morgan fingerprint density at radius 3 is 2.70 bits per heavy atom. The Hall–Kier alpha value is -1.39. The quantitative estimate of drug-likeness (QED) is 0.909. The van der Waals surface area contributed by atoms with Crippen LogP contribution in [0.4, 0.5) is 5.69 Å². The van der Waals surface area contributed by atoms with E-state index in [1.54, 1.807) is 4.90 Å². The van der Waals surface area contributed by atoms with Crippen molar-refractivity contribution >= 4 is 11.6 Å². The van der Waals surface area contributed by atoms with Gasteiger partial charge in [0.15, 0.2) is 0 Å². The summed E-state index contributed by atoms with van der Waals surface area (Å²) >= 11 is 0. The molecular weight excluding hydrogens is 250 g/mol. The maximum Gasteiger partial charge on any atom is 0.240 e. The van der Waals surface area contributed by atoms with Crippen LogP contribution in [0.15, 0.2) is 30.3 Å². The van der Waals surface area contributed by atoms with E-state index in [0.29, 0.717) is 12.6 Å². The number of likely N-dealkylation sites (N-methyl/N-ethyl adjacent to an activating group) is 2. The van der Waals surface area contributed by atoms with Gasteiger partial charge in [0.1, 0.15) is 0 Å². The summed E-state index contributed by atoms with van der Waals surface area (Å²) in [5.74, 6) is 0.149.